The van der Waals surface area contributed by atoms with Crippen LogP contribution in [0.1, 0.15) is 12.8 Å². The molecule has 0 spiro atoms. The van der Waals surface area contributed by atoms with Gasteiger partial charge in [0.2, 0.25) is 0 Å². The van der Waals surface area contributed by atoms with E-state index in [9.17, 15) is 4.79 Å². The fourth-order valence-electron chi connectivity index (χ4n) is 1.67. The van der Waals surface area contributed by atoms with Gasteiger partial charge in [0.05, 0.1) is 0 Å². The van der Waals surface area contributed by atoms with Gasteiger partial charge < -0.3 is 10.2 Å². The molecule has 1 amide bonds. The molecule has 4 heteroatoms. The molecule has 0 saturated carbocycles. The Bertz CT molecular complexity index is 163. The van der Waals surface area contributed by atoms with Gasteiger partial charge in [-0.25, -0.2) is 0 Å². The van der Waals surface area contributed by atoms with Gasteiger partial charge in [-0.2, -0.15) is 0 Å². The van der Waals surface area contributed by atoms with Crippen molar-refractivity contribution in [3.8, 4) is 0 Å². The Hall–Kier alpha value is -0.220. The average molecular weight is 188 g/mol. The molecule has 1 aliphatic rings. The summed E-state index contributed by atoms with van der Waals surface area (Å²) >= 11 is 3.66. The van der Waals surface area contributed by atoms with Gasteiger partial charge in [0.1, 0.15) is 0 Å². The molecule has 0 aliphatic carbocycles. The molecule has 1 aliphatic heterocycles. The number of likely N-dealkylation sites (tertiary alicyclic amines) is 1. The van der Waals surface area contributed by atoms with E-state index in [1.54, 1.807) is 0 Å². The zero-order chi connectivity index (χ0) is 8.97. The molecule has 1 rings (SSSR count). The molecule has 0 bridgehead atoms. The lowest BCUT2D eigenvalue weighted by Crippen LogP contribution is -2.37. The van der Waals surface area contributed by atoms with Crippen LogP contribution in [0.15, 0.2) is 0 Å². The first-order valence-corrected chi connectivity index (χ1v) is 4.78. The van der Waals surface area contributed by atoms with Crippen molar-refractivity contribution in [1.82, 2.24) is 10.2 Å². The highest BCUT2D eigenvalue weighted by molar-refractivity contribution is 7.96. The van der Waals surface area contributed by atoms with Crippen molar-refractivity contribution < 1.29 is 4.79 Å². The normalized spacial score (nSPS) is 25.3. The minimum absolute atomic E-state index is 0.219. The van der Waals surface area contributed by atoms with E-state index < -0.39 is 0 Å². The molecular formula is C8H16N2OS. The summed E-state index contributed by atoms with van der Waals surface area (Å²) in [5.41, 5.74) is 0. The lowest BCUT2D eigenvalue weighted by molar-refractivity contribution is 0.206. The van der Waals surface area contributed by atoms with Crippen molar-refractivity contribution in [1.29, 1.82) is 0 Å². The third-order valence-corrected chi connectivity index (χ3v) is 2.42. The highest BCUT2D eigenvalue weighted by Gasteiger charge is 2.16. The van der Waals surface area contributed by atoms with Crippen LogP contribution in [0.3, 0.4) is 0 Å². The van der Waals surface area contributed by atoms with Crippen molar-refractivity contribution in [3.63, 3.8) is 0 Å². The summed E-state index contributed by atoms with van der Waals surface area (Å²) in [6.07, 6.45) is 2.46. The lowest BCUT2D eigenvalue weighted by atomic mass is 9.99. The van der Waals surface area contributed by atoms with Gasteiger partial charge in [-0.05, 0) is 32.4 Å². The Kier molecular flexibility index (Phi) is 3.88. The molecule has 0 radical (unpaired) electrons. The molecule has 1 heterocycles. The summed E-state index contributed by atoms with van der Waals surface area (Å²) < 4.78 is 0. The minimum atomic E-state index is -0.219. The molecule has 1 fully saturated rings. The van der Waals surface area contributed by atoms with Gasteiger partial charge in [-0.3, -0.25) is 4.79 Å². The molecule has 1 saturated heterocycles. The Morgan fingerprint density at radius 1 is 1.75 bits per heavy atom. The van der Waals surface area contributed by atoms with E-state index in [1.807, 2.05) is 0 Å². The number of thiol groups is 1. The van der Waals surface area contributed by atoms with Crippen LogP contribution in [-0.4, -0.2) is 36.8 Å². The second-order valence-electron chi connectivity index (χ2n) is 3.46. The van der Waals surface area contributed by atoms with Gasteiger partial charge in [0.25, 0.3) is 5.24 Å². The molecule has 1 atom stereocenters. The number of nitrogens with zero attached hydrogens (tertiary/aromatic N) is 1. The molecule has 3 nitrogen and oxygen atoms in total. The number of carbonyl (C=O) groups excluding carboxylic acids is 1. The lowest BCUT2D eigenvalue weighted by Gasteiger charge is -2.29. The molecule has 0 aromatic heterocycles. The van der Waals surface area contributed by atoms with Gasteiger partial charge >= 0.3 is 0 Å². The highest BCUT2D eigenvalue weighted by atomic mass is 32.1. The maximum Gasteiger partial charge on any atom is 0.275 e. The van der Waals surface area contributed by atoms with Gasteiger partial charge in [0, 0.05) is 13.1 Å². The van der Waals surface area contributed by atoms with E-state index in [0.717, 1.165) is 13.1 Å². The zero-order valence-electron chi connectivity index (χ0n) is 7.42. The maximum absolute atomic E-state index is 10.5. The van der Waals surface area contributed by atoms with Crippen LogP contribution in [0.5, 0.6) is 0 Å². The Morgan fingerprint density at radius 3 is 3.08 bits per heavy atom. The fourth-order valence-corrected chi connectivity index (χ4v) is 1.76. The van der Waals surface area contributed by atoms with E-state index in [2.05, 4.69) is 29.9 Å². The highest BCUT2D eigenvalue weighted by Crippen LogP contribution is 2.13. The van der Waals surface area contributed by atoms with Crippen molar-refractivity contribution in [2.24, 2.45) is 5.92 Å². The van der Waals surface area contributed by atoms with Crippen LogP contribution in [0.2, 0.25) is 0 Å². The second kappa shape index (κ2) is 4.72. The third kappa shape index (κ3) is 3.45. The summed E-state index contributed by atoms with van der Waals surface area (Å²) in [6.45, 7) is 3.05. The molecule has 1 unspecified atom stereocenters. The molecule has 0 aromatic rings. The van der Waals surface area contributed by atoms with Gasteiger partial charge in [-0.1, -0.05) is 12.6 Å². The van der Waals surface area contributed by atoms with E-state index in [0.29, 0.717) is 5.92 Å². The van der Waals surface area contributed by atoms with Crippen LogP contribution in [0.25, 0.3) is 0 Å². The summed E-state index contributed by atoms with van der Waals surface area (Å²) in [5, 5.41) is 2.52. The van der Waals surface area contributed by atoms with Crippen LogP contribution in [-0.2, 0) is 0 Å². The molecule has 70 valence electrons. The van der Waals surface area contributed by atoms with E-state index in [-0.39, 0.29) is 5.24 Å². The van der Waals surface area contributed by atoms with Crippen molar-refractivity contribution >= 4 is 17.9 Å². The van der Waals surface area contributed by atoms with Crippen LogP contribution in [0, 0.1) is 5.92 Å². The minimum Gasteiger partial charge on any atom is -0.347 e. The smallest absolute Gasteiger partial charge is 0.275 e. The van der Waals surface area contributed by atoms with Crippen molar-refractivity contribution in [3.05, 3.63) is 0 Å². The molecular weight excluding hydrogens is 172 g/mol. The molecule has 1 N–H and O–H groups in total. The van der Waals surface area contributed by atoms with E-state index in [1.165, 1.54) is 19.4 Å². The van der Waals surface area contributed by atoms with Crippen LogP contribution in [0.4, 0.5) is 4.79 Å². The van der Waals surface area contributed by atoms with E-state index >= 15 is 0 Å². The number of rotatable bonds is 2. The Morgan fingerprint density at radius 2 is 2.50 bits per heavy atom. The molecule has 12 heavy (non-hydrogen) atoms. The first kappa shape index (κ1) is 9.86. The predicted octanol–water partition coefficient (Wildman–Crippen LogP) is 0.968. The largest absolute Gasteiger partial charge is 0.347 e. The topological polar surface area (TPSA) is 32.3 Å². The third-order valence-electron chi connectivity index (χ3n) is 2.26. The number of hydrogen-bond donors (Lipinski definition) is 2. The number of hydrogen-bond acceptors (Lipinski definition) is 2. The summed E-state index contributed by atoms with van der Waals surface area (Å²) in [7, 11) is 2.12. The van der Waals surface area contributed by atoms with Crippen molar-refractivity contribution in [2.45, 2.75) is 12.8 Å². The predicted molar refractivity (Wildman–Crippen MR) is 52.6 cm³/mol. The summed E-state index contributed by atoms with van der Waals surface area (Å²) in [4.78, 5) is 12.8. The van der Waals surface area contributed by atoms with Gasteiger partial charge in [-0.15, -0.1) is 0 Å². The zero-order valence-corrected chi connectivity index (χ0v) is 8.31. The molecule has 0 aromatic carbocycles. The number of piperidine rings is 1. The maximum atomic E-state index is 10.5. The van der Waals surface area contributed by atoms with Crippen LogP contribution < -0.4 is 5.32 Å². The van der Waals surface area contributed by atoms with Gasteiger partial charge in [0.15, 0.2) is 0 Å². The number of amides is 1. The standard InChI is InChI=1S/C8H16N2OS/c1-10-4-2-3-7(6-10)5-9-8(11)12/h7H,2-6H2,1H3,(H2,9,11,12). The summed E-state index contributed by atoms with van der Waals surface area (Å²) in [6, 6.07) is 0. The van der Waals surface area contributed by atoms with Crippen molar-refractivity contribution in [2.75, 3.05) is 26.7 Å². The monoisotopic (exact) mass is 188 g/mol. The number of nitrogens with one attached hydrogen (secondary N) is 1. The first-order chi connectivity index (χ1) is 5.68. The fraction of sp³-hybridized carbons (Fsp3) is 0.875. The summed E-state index contributed by atoms with van der Waals surface area (Å²) in [5.74, 6) is 0.611. The second-order valence-corrected chi connectivity index (χ2v) is 3.86. The van der Waals surface area contributed by atoms with E-state index in [4.69, 9.17) is 0 Å². The first-order valence-electron chi connectivity index (χ1n) is 4.34. The quantitative estimate of drug-likeness (QED) is 0.633. The number of carbonyl (C=O) groups is 1. The van der Waals surface area contributed by atoms with Crippen LogP contribution >= 0.6 is 12.6 Å². The average Bonchev–Trinajstić information content (AvgIpc) is 2.01. The Balaban J connectivity index is 2.18. The SMILES string of the molecule is CN1CCCC(CNC(=O)S)C1. The Labute approximate surface area is 78.9 Å².